The quantitative estimate of drug-likeness (QED) is 0.691. The minimum Gasteiger partial charge on any atom is -0.338 e. The number of aryl methyl sites for hydroxylation is 1. The van der Waals surface area contributed by atoms with E-state index in [4.69, 9.17) is 0 Å². The number of hydrogen-bond donors (Lipinski definition) is 0. The second-order valence-corrected chi connectivity index (χ2v) is 4.04. The number of carbonyl (C=O) groups is 1. The molecule has 1 atom stereocenters. The number of hydrogen-bond acceptors (Lipinski definition) is 1. The Bertz CT molecular complexity index is 348. The highest BCUT2D eigenvalue weighted by Gasteiger charge is 2.23. The zero-order valence-corrected chi connectivity index (χ0v) is 9.15. The summed E-state index contributed by atoms with van der Waals surface area (Å²) in [6, 6.07) is 8.79. The first kappa shape index (κ1) is 10.2. The molecule has 1 amide bonds. The van der Waals surface area contributed by atoms with E-state index in [-0.39, 0.29) is 0 Å². The van der Waals surface area contributed by atoms with E-state index in [9.17, 15) is 4.79 Å². The Morgan fingerprint density at radius 1 is 1.47 bits per heavy atom. The van der Waals surface area contributed by atoms with Crippen molar-refractivity contribution >= 4 is 6.41 Å². The van der Waals surface area contributed by atoms with Crippen LogP contribution >= 0.6 is 0 Å². The van der Waals surface area contributed by atoms with Gasteiger partial charge in [-0.15, -0.1) is 0 Å². The summed E-state index contributed by atoms with van der Waals surface area (Å²) in [4.78, 5) is 12.9. The Hall–Kier alpha value is -1.31. The first-order valence-electron chi connectivity index (χ1n) is 5.65. The van der Waals surface area contributed by atoms with Gasteiger partial charge in [-0.1, -0.05) is 24.3 Å². The van der Waals surface area contributed by atoms with Crippen molar-refractivity contribution in [3.05, 3.63) is 35.4 Å². The van der Waals surface area contributed by atoms with Crippen LogP contribution in [0.2, 0.25) is 0 Å². The lowest BCUT2D eigenvalue weighted by Crippen LogP contribution is -2.29. The second kappa shape index (κ2) is 4.47. The summed E-state index contributed by atoms with van der Waals surface area (Å²) >= 11 is 0. The lowest BCUT2D eigenvalue weighted by Gasteiger charge is -2.32. The summed E-state index contributed by atoms with van der Waals surface area (Å²) < 4.78 is 0. The van der Waals surface area contributed by atoms with E-state index in [1.807, 2.05) is 11.8 Å². The average Bonchev–Trinajstić information content (AvgIpc) is 2.31. The van der Waals surface area contributed by atoms with Gasteiger partial charge in [0.25, 0.3) is 0 Å². The molecule has 2 rings (SSSR count). The maximum atomic E-state index is 11.0. The van der Waals surface area contributed by atoms with E-state index in [0.717, 1.165) is 25.8 Å². The van der Waals surface area contributed by atoms with Crippen LogP contribution in [0.4, 0.5) is 0 Å². The van der Waals surface area contributed by atoms with Crippen molar-refractivity contribution in [3.63, 3.8) is 0 Å². The Balaban J connectivity index is 2.32. The fourth-order valence-corrected chi connectivity index (χ4v) is 2.44. The summed E-state index contributed by atoms with van der Waals surface area (Å²) in [7, 11) is 0. The van der Waals surface area contributed by atoms with Crippen molar-refractivity contribution in [2.45, 2.75) is 32.2 Å². The van der Waals surface area contributed by atoms with E-state index in [2.05, 4.69) is 24.3 Å². The highest BCUT2D eigenvalue weighted by atomic mass is 16.1. The van der Waals surface area contributed by atoms with Crippen LogP contribution in [0.5, 0.6) is 0 Å². The van der Waals surface area contributed by atoms with Gasteiger partial charge in [-0.3, -0.25) is 4.79 Å². The van der Waals surface area contributed by atoms with Crippen LogP contribution in [-0.2, 0) is 11.2 Å². The molecular weight excluding hydrogens is 186 g/mol. The van der Waals surface area contributed by atoms with Crippen LogP contribution in [0.15, 0.2) is 24.3 Å². The highest BCUT2D eigenvalue weighted by Crippen LogP contribution is 2.33. The molecule has 1 aromatic rings. The Morgan fingerprint density at radius 3 is 3.00 bits per heavy atom. The standard InChI is InChI=1S/C13H17NO/c1-2-14(10-15)13-9-5-7-11-6-3-4-8-12(11)13/h3-4,6,8,10,13H,2,5,7,9H2,1H3. The topological polar surface area (TPSA) is 20.3 Å². The molecule has 1 unspecified atom stereocenters. The Kier molecular flexibility index (Phi) is 3.05. The number of amides is 1. The van der Waals surface area contributed by atoms with Crippen molar-refractivity contribution in [2.75, 3.05) is 6.54 Å². The average molecular weight is 203 g/mol. The van der Waals surface area contributed by atoms with Crippen LogP contribution in [0.25, 0.3) is 0 Å². The second-order valence-electron chi connectivity index (χ2n) is 4.04. The van der Waals surface area contributed by atoms with Gasteiger partial charge in [-0.05, 0) is 37.3 Å². The van der Waals surface area contributed by atoms with E-state index in [1.54, 1.807) is 0 Å². The van der Waals surface area contributed by atoms with Gasteiger partial charge in [0.2, 0.25) is 6.41 Å². The number of nitrogens with zero attached hydrogens (tertiary/aromatic N) is 1. The first-order chi connectivity index (χ1) is 7.36. The third-order valence-electron chi connectivity index (χ3n) is 3.24. The van der Waals surface area contributed by atoms with E-state index >= 15 is 0 Å². The van der Waals surface area contributed by atoms with Crippen LogP contribution < -0.4 is 0 Å². The number of rotatable bonds is 3. The largest absolute Gasteiger partial charge is 0.338 e. The monoisotopic (exact) mass is 203 g/mol. The third kappa shape index (κ3) is 1.89. The van der Waals surface area contributed by atoms with E-state index < -0.39 is 0 Å². The van der Waals surface area contributed by atoms with Crippen molar-refractivity contribution in [1.29, 1.82) is 0 Å². The predicted octanol–water partition coefficient (Wildman–Crippen LogP) is 2.54. The van der Waals surface area contributed by atoms with Gasteiger partial charge in [0.05, 0.1) is 6.04 Å². The van der Waals surface area contributed by atoms with Crippen molar-refractivity contribution in [2.24, 2.45) is 0 Å². The lowest BCUT2D eigenvalue weighted by molar-refractivity contribution is -0.120. The zero-order chi connectivity index (χ0) is 10.7. The number of benzene rings is 1. The fraction of sp³-hybridized carbons (Fsp3) is 0.462. The third-order valence-corrected chi connectivity index (χ3v) is 3.24. The molecule has 0 N–H and O–H groups in total. The molecule has 2 nitrogen and oxygen atoms in total. The summed E-state index contributed by atoms with van der Waals surface area (Å²) in [5.74, 6) is 0. The highest BCUT2D eigenvalue weighted by molar-refractivity contribution is 5.49. The molecule has 0 saturated carbocycles. The molecule has 0 bridgehead atoms. The molecule has 0 spiro atoms. The minimum absolute atomic E-state index is 0.303. The summed E-state index contributed by atoms with van der Waals surface area (Å²) in [5.41, 5.74) is 2.76. The molecule has 0 fully saturated rings. The van der Waals surface area contributed by atoms with Gasteiger partial charge < -0.3 is 4.90 Å². The maximum absolute atomic E-state index is 11.0. The summed E-state index contributed by atoms with van der Waals surface area (Å²) in [6.07, 6.45) is 4.42. The van der Waals surface area contributed by atoms with E-state index in [1.165, 1.54) is 17.5 Å². The molecule has 1 aliphatic rings. The molecular formula is C13H17NO. The van der Waals surface area contributed by atoms with Gasteiger partial charge in [0, 0.05) is 6.54 Å². The van der Waals surface area contributed by atoms with Crippen molar-refractivity contribution in [1.82, 2.24) is 4.90 Å². The van der Waals surface area contributed by atoms with Gasteiger partial charge in [-0.2, -0.15) is 0 Å². The fourth-order valence-electron chi connectivity index (χ4n) is 2.44. The van der Waals surface area contributed by atoms with Crippen LogP contribution in [-0.4, -0.2) is 17.9 Å². The summed E-state index contributed by atoms with van der Waals surface area (Å²) in [6.45, 7) is 2.83. The van der Waals surface area contributed by atoms with Gasteiger partial charge >= 0.3 is 0 Å². The van der Waals surface area contributed by atoms with Crippen molar-refractivity contribution < 1.29 is 4.79 Å². The van der Waals surface area contributed by atoms with Crippen LogP contribution in [0.1, 0.15) is 36.9 Å². The molecule has 0 aromatic heterocycles. The molecule has 0 heterocycles. The molecule has 0 aliphatic heterocycles. The Morgan fingerprint density at radius 2 is 2.27 bits per heavy atom. The van der Waals surface area contributed by atoms with Gasteiger partial charge in [0.15, 0.2) is 0 Å². The van der Waals surface area contributed by atoms with Gasteiger partial charge in [-0.25, -0.2) is 0 Å². The van der Waals surface area contributed by atoms with Crippen molar-refractivity contribution in [3.8, 4) is 0 Å². The van der Waals surface area contributed by atoms with E-state index in [0.29, 0.717) is 6.04 Å². The Labute approximate surface area is 90.9 Å². The molecule has 1 aliphatic carbocycles. The van der Waals surface area contributed by atoms with Gasteiger partial charge in [0.1, 0.15) is 0 Å². The van der Waals surface area contributed by atoms with Crippen LogP contribution in [0.3, 0.4) is 0 Å². The maximum Gasteiger partial charge on any atom is 0.210 e. The molecule has 0 radical (unpaired) electrons. The predicted molar refractivity (Wildman–Crippen MR) is 60.6 cm³/mol. The van der Waals surface area contributed by atoms with Crippen LogP contribution in [0, 0.1) is 0 Å². The molecule has 2 heteroatoms. The SMILES string of the molecule is CCN(C=O)C1CCCc2ccccc21. The number of carbonyl (C=O) groups excluding carboxylic acids is 1. The summed E-state index contributed by atoms with van der Waals surface area (Å²) in [5, 5.41) is 0. The molecule has 80 valence electrons. The lowest BCUT2D eigenvalue weighted by atomic mass is 9.87. The molecule has 0 saturated heterocycles. The molecule has 1 aromatic carbocycles. The normalized spacial score (nSPS) is 19.4. The molecule has 15 heavy (non-hydrogen) atoms. The number of fused-ring (bicyclic) bond motifs is 1. The smallest absolute Gasteiger partial charge is 0.210 e. The minimum atomic E-state index is 0.303. The zero-order valence-electron chi connectivity index (χ0n) is 9.15. The first-order valence-corrected chi connectivity index (χ1v) is 5.65.